The van der Waals surface area contributed by atoms with E-state index in [1.165, 1.54) is 36.5 Å². The Kier molecular flexibility index (Phi) is 6.59. The van der Waals surface area contributed by atoms with Crippen LogP contribution in [0.4, 0.5) is 11.4 Å². The molecule has 0 fully saturated rings. The monoisotopic (exact) mass is 538 g/mol. The van der Waals surface area contributed by atoms with Gasteiger partial charge in [-0.25, -0.2) is 9.97 Å². The lowest BCUT2D eigenvalue weighted by Crippen LogP contribution is -2.22. The molecule has 0 bridgehead atoms. The van der Waals surface area contributed by atoms with Gasteiger partial charge in [0.05, 0.1) is 27.0 Å². The summed E-state index contributed by atoms with van der Waals surface area (Å²) in [5, 5.41) is 27.0. The third-order valence-corrected chi connectivity index (χ3v) is 5.33. The molecule has 13 heteroatoms. The van der Waals surface area contributed by atoms with Gasteiger partial charge in [0.1, 0.15) is 12.0 Å². The molecule has 0 radical (unpaired) electrons. The number of hydrogen-bond donors (Lipinski definition) is 0. The van der Waals surface area contributed by atoms with Crippen LogP contribution in [0.5, 0.6) is 11.6 Å². The number of ether oxygens (including phenoxy) is 1. The quantitative estimate of drug-likeness (QED) is 0.187. The molecule has 0 N–H and O–H groups in total. The highest BCUT2D eigenvalue weighted by Gasteiger charge is 2.18. The minimum Gasteiger partial charge on any atom is -0.432 e. The summed E-state index contributed by atoms with van der Waals surface area (Å²) in [6.07, 6.45) is 2.74. The molecular formula is C22H15BrN6O6. The van der Waals surface area contributed by atoms with E-state index in [-0.39, 0.29) is 28.6 Å². The van der Waals surface area contributed by atoms with Crippen molar-refractivity contribution in [2.24, 2.45) is 5.10 Å². The number of pyridine rings is 1. The molecule has 0 aliphatic heterocycles. The molecule has 176 valence electrons. The van der Waals surface area contributed by atoms with Gasteiger partial charge in [-0.05, 0) is 30.3 Å². The van der Waals surface area contributed by atoms with Crippen molar-refractivity contribution in [2.75, 3.05) is 0 Å². The first kappa shape index (κ1) is 23.6. The van der Waals surface area contributed by atoms with Gasteiger partial charge in [0, 0.05) is 34.7 Å². The Balaban J connectivity index is 1.68. The third kappa shape index (κ3) is 5.04. The Labute approximate surface area is 205 Å². The fourth-order valence-electron chi connectivity index (χ4n) is 3.16. The SMILES string of the molecule is CCc1nc2ccc(Br)cc2c(=O)n1N=Cc1ccc(Oc2ccc([N+](=O)[O-])cn2)c([N+](=O)[O-])c1. The third-order valence-electron chi connectivity index (χ3n) is 4.84. The van der Waals surface area contributed by atoms with E-state index in [4.69, 9.17) is 4.74 Å². The van der Waals surface area contributed by atoms with Crippen LogP contribution >= 0.6 is 15.9 Å². The molecule has 0 saturated carbocycles. The summed E-state index contributed by atoms with van der Waals surface area (Å²) >= 11 is 3.34. The standard InChI is InChI=1S/C22H15BrN6O6/c1-2-20-26-17-6-4-14(23)10-16(17)22(30)27(20)25-11-13-3-7-19(18(9-13)29(33)34)35-21-8-5-15(12-24-21)28(31)32/h3-12H,2H2,1H3. The number of halogens is 1. The highest BCUT2D eigenvalue weighted by atomic mass is 79.9. The van der Waals surface area contributed by atoms with Gasteiger partial charge < -0.3 is 4.74 Å². The van der Waals surface area contributed by atoms with Crippen LogP contribution in [0, 0.1) is 20.2 Å². The zero-order chi connectivity index (χ0) is 25.1. The van der Waals surface area contributed by atoms with Crippen LogP contribution in [-0.4, -0.2) is 30.7 Å². The lowest BCUT2D eigenvalue weighted by atomic mass is 10.2. The van der Waals surface area contributed by atoms with E-state index in [0.29, 0.717) is 28.7 Å². The number of nitro groups is 2. The predicted molar refractivity (Wildman–Crippen MR) is 130 cm³/mol. The van der Waals surface area contributed by atoms with Gasteiger partial charge in [0.2, 0.25) is 11.6 Å². The first-order valence-electron chi connectivity index (χ1n) is 10.1. The number of aromatic nitrogens is 3. The summed E-state index contributed by atoms with van der Waals surface area (Å²) in [7, 11) is 0. The van der Waals surface area contributed by atoms with Crippen molar-refractivity contribution in [3.8, 4) is 11.6 Å². The minimum absolute atomic E-state index is 0.0485. The largest absolute Gasteiger partial charge is 0.432 e. The van der Waals surface area contributed by atoms with Gasteiger partial charge in [0.15, 0.2) is 0 Å². The molecule has 4 aromatic rings. The summed E-state index contributed by atoms with van der Waals surface area (Å²) in [5.74, 6) is 0.268. The lowest BCUT2D eigenvalue weighted by Gasteiger charge is -2.08. The van der Waals surface area contributed by atoms with Crippen LogP contribution in [0.1, 0.15) is 18.3 Å². The van der Waals surface area contributed by atoms with E-state index in [1.807, 2.05) is 6.92 Å². The second-order valence-electron chi connectivity index (χ2n) is 7.10. The maximum Gasteiger partial charge on any atom is 0.312 e. The van der Waals surface area contributed by atoms with Crippen molar-refractivity contribution >= 4 is 44.4 Å². The van der Waals surface area contributed by atoms with E-state index in [0.717, 1.165) is 15.3 Å². The Morgan fingerprint density at radius 1 is 1.11 bits per heavy atom. The molecule has 12 nitrogen and oxygen atoms in total. The predicted octanol–water partition coefficient (Wildman–Crippen LogP) is 4.61. The number of nitrogens with zero attached hydrogens (tertiary/aromatic N) is 6. The Morgan fingerprint density at radius 3 is 2.57 bits per heavy atom. The number of fused-ring (bicyclic) bond motifs is 1. The van der Waals surface area contributed by atoms with Gasteiger partial charge in [0.25, 0.3) is 11.2 Å². The Bertz CT molecular complexity index is 1550. The van der Waals surface area contributed by atoms with Crippen LogP contribution < -0.4 is 10.3 Å². The Hall–Kier alpha value is -4.52. The molecule has 35 heavy (non-hydrogen) atoms. The molecule has 0 spiro atoms. The maximum absolute atomic E-state index is 13.0. The number of benzene rings is 2. The molecule has 2 aromatic heterocycles. The van der Waals surface area contributed by atoms with E-state index in [1.54, 1.807) is 18.2 Å². The van der Waals surface area contributed by atoms with Crippen molar-refractivity contribution in [3.05, 3.63) is 101 Å². The highest BCUT2D eigenvalue weighted by molar-refractivity contribution is 9.10. The molecule has 2 aromatic carbocycles. The number of aryl methyl sites for hydroxylation is 1. The molecule has 0 unspecified atom stereocenters. The van der Waals surface area contributed by atoms with Crippen LogP contribution in [0.3, 0.4) is 0 Å². The van der Waals surface area contributed by atoms with E-state index in [2.05, 4.69) is 31.0 Å². The van der Waals surface area contributed by atoms with Crippen molar-refractivity contribution in [2.45, 2.75) is 13.3 Å². The summed E-state index contributed by atoms with van der Waals surface area (Å²) in [6.45, 7) is 1.84. The van der Waals surface area contributed by atoms with Crippen LogP contribution in [0.15, 0.2) is 69.1 Å². The fraction of sp³-hybridized carbons (Fsp3) is 0.0909. The summed E-state index contributed by atoms with van der Waals surface area (Å²) in [6, 6.07) is 11.7. The van der Waals surface area contributed by atoms with E-state index >= 15 is 0 Å². The average molecular weight is 539 g/mol. The van der Waals surface area contributed by atoms with E-state index in [9.17, 15) is 25.0 Å². The smallest absolute Gasteiger partial charge is 0.312 e. The lowest BCUT2D eigenvalue weighted by molar-refractivity contribution is -0.385. The van der Waals surface area contributed by atoms with E-state index < -0.39 is 9.85 Å². The molecular weight excluding hydrogens is 524 g/mol. The van der Waals surface area contributed by atoms with Crippen molar-refractivity contribution in [1.29, 1.82) is 0 Å². The van der Waals surface area contributed by atoms with Gasteiger partial charge in [-0.3, -0.25) is 25.0 Å². The first-order chi connectivity index (χ1) is 16.8. The maximum atomic E-state index is 13.0. The normalized spacial score (nSPS) is 11.1. The summed E-state index contributed by atoms with van der Waals surface area (Å²) < 4.78 is 7.33. The second-order valence-corrected chi connectivity index (χ2v) is 8.02. The molecule has 2 heterocycles. The molecule has 0 aliphatic rings. The van der Waals surface area contributed by atoms with Gasteiger partial charge in [-0.2, -0.15) is 9.78 Å². The van der Waals surface area contributed by atoms with Crippen LogP contribution in [0.25, 0.3) is 10.9 Å². The number of rotatable bonds is 7. The fourth-order valence-corrected chi connectivity index (χ4v) is 3.53. The number of nitro benzene ring substituents is 1. The molecule has 0 aliphatic carbocycles. The van der Waals surface area contributed by atoms with Gasteiger partial charge >= 0.3 is 5.69 Å². The highest BCUT2D eigenvalue weighted by Crippen LogP contribution is 2.31. The summed E-state index contributed by atoms with van der Waals surface area (Å²) in [4.78, 5) is 42.4. The topological polar surface area (TPSA) is 156 Å². The molecule has 0 saturated heterocycles. The minimum atomic E-state index is -0.642. The molecule has 0 amide bonds. The first-order valence-corrected chi connectivity index (χ1v) is 10.9. The van der Waals surface area contributed by atoms with Crippen LogP contribution in [-0.2, 0) is 6.42 Å². The molecule has 4 rings (SSSR count). The van der Waals surface area contributed by atoms with Crippen molar-refractivity contribution in [3.63, 3.8) is 0 Å². The second kappa shape index (κ2) is 9.77. The zero-order valence-corrected chi connectivity index (χ0v) is 19.6. The average Bonchev–Trinajstić information content (AvgIpc) is 2.84. The zero-order valence-electron chi connectivity index (χ0n) is 18.0. The van der Waals surface area contributed by atoms with Crippen LogP contribution in [0.2, 0.25) is 0 Å². The summed E-state index contributed by atoms with van der Waals surface area (Å²) in [5.41, 5.74) is -0.112. The number of hydrogen-bond acceptors (Lipinski definition) is 9. The van der Waals surface area contributed by atoms with Crippen molar-refractivity contribution < 1.29 is 14.6 Å². The van der Waals surface area contributed by atoms with Crippen molar-refractivity contribution in [1.82, 2.24) is 14.6 Å². The van der Waals surface area contributed by atoms with Gasteiger partial charge in [-0.1, -0.05) is 22.9 Å². The van der Waals surface area contributed by atoms with Gasteiger partial charge in [-0.15, -0.1) is 0 Å². The Morgan fingerprint density at radius 2 is 1.91 bits per heavy atom. The molecule has 0 atom stereocenters.